The first kappa shape index (κ1) is 9.63. The summed E-state index contributed by atoms with van der Waals surface area (Å²) >= 11 is 0. The van der Waals surface area contributed by atoms with Crippen LogP contribution >= 0.6 is 0 Å². The molecule has 1 N–H and O–H groups in total. The molecule has 0 spiro atoms. The fraction of sp³-hybridized carbons (Fsp3) is 0.500. The first-order chi connectivity index (χ1) is 8.25. The minimum atomic E-state index is -0.0418. The zero-order valence-corrected chi connectivity index (χ0v) is 9.83. The van der Waals surface area contributed by atoms with Crippen LogP contribution < -0.4 is 5.32 Å². The smallest absolute Gasteiger partial charge is 0.126 e. The van der Waals surface area contributed by atoms with E-state index in [1.54, 1.807) is 6.07 Å². The van der Waals surface area contributed by atoms with Crippen LogP contribution in [0.2, 0.25) is 0 Å². The normalized spacial score (nSPS) is 37.2. The van der Waals surface area contributed by atoms with Crippen LogP contribution in [0, 0.1) is 17.2 Å². The van der Waals surface area contributed by atoms with Crippen LogP contribution in [0.15, 0.2) is 23.2 Å². The van der Waals surface area contributed by atoms with Crippen LogP contribution in [0.3, 0.4) is 0 Å². The summed E-state index contributed by atoms with van der Waals surface area (Å²) in [6, 6.07) is 5.49. The Bertz CT molecular complexity index is 537. The highest BCUT2D eigenvalue weighted by molar-refractivity contribution is 5.95. The third kappa shape index (κ3) is 0.985. The fourth-order valence-corrected chi connectivity index (χ4v) is 3.95. The molecule has 1 aliphatic heterocycles. The van der Waals surface area contributed by atoms with Crippen molar-refractivity contribution in [2.75, 3.05) is 13.1 Å². The summed E-state index contributed by atoms with van der Waals surface area (Å²) in [5.41, 5.74) is 2.24. The van der Waals surface area contributed by atoms with Crippen LogP contribution in [-0.4, -0.2) is 18.9 Å². The molecule has 1 heterocycles. The number of benzene rings is 1. The number of amidine groups is 1. The third-order valence-electron chi connectivity index (χ3n) is 4.83. The molecule has 3 unspecified atom stereocenters. The summed E-state index contributed by atoms with van der Waals surface area (Å²) < 4.78 is 13.8. The van der Waals surface area contributed by atoms with E-state index >= 15 is 0 Å². The zero-order chi connectivity index (χ0) is 11.6. The summed E-state index contributed by atoms with van der Waals surface area (Å²) in [7, 11) is 0. The molecule has 1 fully saturated rings. The number of nitrogens with zero attached hydrogens (tertiary/aromatic N) is 1. The van der Waals surface area contributed by atoms with E-state index in [2.05, 4.69) is 23.3 Å². The van der Waals surface area contributed by atoms with E-state index in [0.29, 0.717) is 11.8 Å². The number of aliphatic imine (C=N–C) groups is 1. The summed E-state index contributed by atoms with van der Waals surface area (Å²) in [6.07, 6.45) is 0.826. The maximum absolute atomic E-state index is 13.8. The number of hydrogen-bond donors (Lipinski definition) is 1. The van der Waals surface area contributed by atoms with Crippen molar-refractivity contribution >= 4 is 5.84 Å². The van der Waals surface area contributed by atoms with Crippen molar-refractivity contribution in [2.45, 2.75) is 19.3 Å². The molecule has 3 heteroatoms. The summed E-state index contributed by atoms with van der Waals surface area (Å²) in [5, 5.41) is 3.39. The van der Waals surface area contributed by atoms with Gasteiger partial charge in [-0.05, 0) is 29.5 Å². The Hall–Kier alpha value is -1.38. The summed E-state index contributed by atoms with van der Waals surface area (Å²) in [5.74, 6) is 2.17. The van der Waals surface area contributed by atoms with E-state index in [0.717, 1.165) is 30.9 Å². The van der Waals surface area contributed by atoms with Crippen molar-refractivity contribution in [2.24, 2.45) is 16.3 Å². The largest absolute Gasteiger partial charge is 0.371 e. The molecule has 0 saturated heterocycles. The first-order valence-electron chi connectivity index (χ1n) is 6.31. The second-order valence-corrected chi connectivity index (χ2v) is 5.45. The minimum Gasteiger partial charge on any atom is -0.371 e. The Balaban J connectivity index is 1.82. The van der Waals surface area contributed by atoms with Gasteiger partial charge in [0.15, 0.2) is 0 Å². The minimum absolute atomic E-state index is 0.0418. The molecule has 1 saturated carbocycles. The molecule has 0 radical (unpaired) electrons. The third-order valence-corrected chi connectivity index (χ3v) is 4.83. The van der Waals surface area contributed by atoms with Crippen molar-refractivity contribution < 1.29 is 4.39 Å². The quantitative estimate of drug-likeness (QED) is 0.785. The zero-order valence-electron chi connectivity index (χ0n) is 9.83. The average molecular weight is 230 g/mol. The van der Waals surface area contributed by atoms with Gasteiger partial charge in [0.25, 0.3) is 0 Å². The van der Waals surface area contributed by atoms with E-state index in [-0.39, 0.29) is 11.2 Å². The Labute approximate surface area is 99.9 Å². The maximum Gasteiger partial charge on any atom is 0.126 e. The number of fused-ring (bicyclic) bond motifs is 3. The second-order valence-electron chi connectivity index (χ2n) is 5.45. The standard InChI is InChI=1S/C14H15FN2/c1-8-12-9-3-2-4-11(15)10(9)7-14(8,12)13-16-5-6-17-13/h2-4,8,12H,5-7H2,1H3,(H,16,17). The number of halogens is 1. The number of rotatable bonds is 1. The molecule has 3 atom stereocenters. The molecular formula is C14H15FN2. The topological polar surface area (TPSA) is 24.4 Å². The van der Waals surface area contributed by atoms with Crippen molar-refractivity contribution in [3.8, 4) is 0 Å². The van der Waals surface area contributed by atoms with Crippen LogP contribution in [-0.2, 0) is 6.42 Å². The van der Waals surface area contributed by atoms with Crippen LogP contribution in [0.25, 0.3) is 0 Å². The van der Waals surface area contributed by atoms with Crippen molar-refractivity contribution in [1.29, 1.82) is 0 Å². The van der Waals surface area contributed by atoms with E-state index in [1.165, 1.54) is 5.56 Å². The molecule has 17 heavy (non-hydrogen) atoms. The molecule has 0 aromatic heterocycles. The molecule has 1 aromatic rings. The Morgan fingerprint density at radius 1 is 1.47 bits per heavy atom. The lowest BCUT2D eigenvalue weighted by Crippen LogP contribution is -2.30. The van der Waals surface area contributed by atoms with Crippen LogP contribution in [0.4, 0.5) is 4.39 Å². The molecular weight excluding hydrogens is 215 g/mol. The van der Waals surface area contributed by atoms with Gasteiger partial charge in [0.2, 0.25) is 0 Å². The predicted molar refractivity (Wildman–Crippen MR) is 64.7 cm³/mol. The van der Waals surface area contributed by atoms with Gasteiger partial charge in [-0.3, -0.25) is 4.99 Å². The van der Waals surface area contributed by atoms with Gasteiger partial charge >= 0.3 is 0 Å². The summed E-state index contributed by atoms with van der Waals surface area (Å²) in [6.45, 7) is 4.08. The molecule has 2 nitrogen and oxygen atoms in total. The molecule has 3 aliphatic rings. The van der Waals surface area contributed by atoms with Crippen LogP contribution in [0.5, 0.6) is 0 Å². The van der Waals surface area contributed by atoms with E-state index < -0.39 is 0 Å². The highest BCUT2D eigenvalue weighted by atomic mass is 19.1. The molecule has 2 aliphatic carbocycles. The molecule has 88 valence electrons. The van der Waals surface area contributed by atoms with Gasteiger partial charge in [-0.2, -0.15) is 0 Å². The first-order valence-corrected chi connectivity index (χ1v) is 6.31. The predicted octanol–water partition coefficient (Wildman–Crippen LogP) is 2.10. The van der Waals surface area contributed by atoms with Gasteiger partial charge in [-0.25, -0.2) is 4.39 Å². The van der Waals surface area contributed by atoms with Crippen LogP contribution in [0.1, 0.15) is 24.0 Å². The summed E-state index contributed by atoms with van der Waals surface area (Å²) in [4.78, 5) is 4.58. The Kier molecular flexibility index (Phi) is 1.64. The average Bonchev–Trinajstić information content (AvgIpc) is 2.79. The molecule has 0 bridgehead atoms. The van der Waals surface area contributed by atoms with Crippen molar-refractivity contribution in [3.05, 3.63) is 35.1 Å². The van der Waals surface area contributed by atoms with E-state index in [9.17, 15) is 4.39 Å². The highest BCUT2D eigenvalue weighted by Gasteiger charge is 2.69. The number of nitrogens with one attached hydrogen (secondary N) is 1. The second kappa shape index (κ2) is 2.89. The molecule has 4 rings (SSSR count). The lowest BCUT2D eigenvalue weighted by molar-refractivity contribution is 0.571. The van der Waals surface area contributed by atoms with E-state index in [1.807, 2.05) is 6.07 Å². The Morgan fingerprint density at radius 2 is 2.35 bits per heavy atom. The van der Waals surface area contributed by atoms with Gasteiger partial charge in [-0.1, -0.05) is 19.1 Å². The van der Waals surface area contributed by atoms with Gasteiger partial charge in [0, 0.05) is 17.9 Å². The maximum atomic E-state index is 13.8. The van der Waals surface area contributed by atoms with Crippen molar-refractivity contribution in [3.63, 3.8) is 0 Å². The van der Waals surface area contributed by atoms with Crippen molar-refractivity contribution in [1.82, 2.24) is 5.32 Å². The SMILES string of the molecule is CC1C2c3cccc(F)c3CC12C1=NCCN1. The molecule has 1 aromatic carbocycles. The molecule has 0 amide bonds. The fourth-order valence-electron chi connectivity index (χ4n) is 3.95. The lowest BCUT2D eigenvalue weighted by Gasteiger charge is -2.15. The van der Waals surface area contributed by atoms with Gasteiger partial charge in [0.1, 0.15) is 11.7 Å². The van der Waals surface area contributed by atoms with Gasteiger partial charge < -0.3 is 5.32 Å². The number of hydrogen-bond acceptors (Lipinski definition) is 2. The Morgan fingerprint density at radius 3 is 3.12 bits per heavy atom. The van der Waals surface area contributed by atoms with Gasteiger partial charge in [-0.15, -0.1) is 0 Å². The van der Waals surface area contributed by atoms with Gasteiger partial charge in [0.05, 0.1) is 6.54 Å². The van der Waals surface area contributed by atoms with E-state index in [4.69, 9.17) is 0 Å². The highest BCUT2D eigenvalue weighted by Crippen LogP contribution is 2.71. The lowest BCUT2D eigenvalue weighted by atomic mass is 9.95. The monoisotopic (exact) mass is 230 g/mol.